The fourth-order valence-electron chi connectivity index (χ4n) is 1.93. The van der Waals surface area contributed by atoms with Gasteiger partial charge in [-0.3, -0.25) is 4.79 Å². The molecule has 0 aliphatic carbocycles. The smallest absolute Gasteiger partial charge is 0.257 e. The Morgan fingerprint density at radius 2 is 2.25 bits per heavy atom. The summed E-state index contributed by atoms with van der Waals surface area (Å²) in [7, 11) is 5.14. The third-order valence-electron chi connectivity index (χ3n) is 3.10. The number of aromatic nitrogens is 2. The summed E-state index contributed by atoms with van der Waals surface area (Å²) in [6.07, 6.45) is 3.55. The first-order chi connectivity index (χ1) is 9.52. The number of nitrogens with zero attached hydrogens (tertiary/aromatic N) is 3. The van der Waals surface area contributed by atoms with Gasteiger partial charge in [-0.2, -0.15) is 0 Å². The standard InChI is InChI=1S/C14H18N4O2/c1-17-7-6-16-13(17)9-18(2)14(19)11-8-10(15)4-5-12(11)20-3/h4-8H,9,15H2,1-3H3. The number of amides is 1. The molecule has 0 saturated heterocycles. The van der Waals surface area contributed by atoms with Crippen molar-refractivity contribution in [1.29, 1.82) is 0 Å². The van der Waals surface area contributed by atoms with Crippen LogP contribution in [0.2, 0.25) is 0 Å². The maximum absolute atomic E-state index is 12.5. The molecule has 0 aliphatic rings. The molecule has 1 aromatic carbocycles. The number of benzene rings is 1. The first kappa shape index (κ1) is 13.9. The highest BCUT2D eigenvalue weighted by Gasteiger charge is 2.18. The number of anilines is 1. The normalized spacial score (nSPS) is 10.3. The Bertz CT molecular complexity index is 621. The highest BCUT2D eigenvalue weighted by Crippen LogP contribution is 2.22. The summed E-state index contributed by atoms with van der Waals surface area (Å²) in [6, 6.07) is 5.02. The van der Waals surface area contributed by atoms with Gasteiger partial charge in [0.15, 0.2) is 0 Å². The monoisotopic (exact) mass is 274 g/mol. The van der Waals surface area contributed by atoms with Crippen molar-refractivity contribution in [2.24, 2.45) is 7.05 Å². The van der Waals surface area contributed by atoms with Crippen molar-refractivity contribution in [3.05, 3.63) is 42.0 Å². The molecule has 2 N–H and O–H groups in total. The summed E-state index contributed by atoms with van der Waals surface area (Å²) in [6.45, 7) is 0.417. The summed E-state index contributed by atoms with van der Waals surface area (Å²) in [5.74, 6) is 1.16. The van der Waals surface area contributed by atoms with Crippen LogP contribution in [0.4, 0.5) is 5.69 Å². The van der Waals surface area contributed by atoms with Gasteiger partial charge in [-0.15, -0.1) is 0 Å². The minimum atomic E-state index is -0.155. The van der Waals surface area contributed by atoms with Crippen molar-refractivity contribution in [2.45, 2.75) is 6.54 Å². The van der Waals surface area contributed by atoms with Crippen LogP contribution >= 0.6 is 0 Å². The fraction of sp³-hybridized carbons (Fsp3) is 0.286. The van der Waals surface area contributed by atoms with Gasteiger partial charge >= 0.3 is 0 Å². The quantitative estimate of drug-likeness (QED) is 0.852. The van der Waals surface area contributed by atoms with Gasteiger partial charge in [-0.25, -0.2) is 4.98 Å². The molecular weight excluding hydrogens is 256 g/mol. The molecule has 6 nitrogen and oxygen atoms in total. The number of hydrogen-bond acceptors (Lipinski definition) is 4. The van der Waals surface area contributed by atoms with E-state index in [1.54, 1.807) is 36.3 Å². The van der Waals surface area contributed by atoms with E-state index in [-0.39, 0.29) is 5.91 Å². The van der Waals surface area contributed by atoms with Gasteiger partial charge in [0.2, 0.25) is 0 Å². The molecule has 1 amide bonds. The maximum Gasteiger partial charge on any atom is 0.257 e. The first-order valence-electron chi connectivity index (χ1n) is 6.18. The summed E-state index contributed by atoms with van der Waals surface area (Å²) in [5, 5.41) is 0. The number of nitrogen functional groups attached to an aromatic ring is 1. The number of carbonyl (C=O) groups excluding carboxylic acids is 1. The van der Waals surface area contributed by atoms with Crippen LogP contribution in [0.3, 0.4) is 0 Å². The predicted molar refractivity (Wildman–Crippen MR) is 76.4 cm³/mol. The zero-order valence-corrected chi connectivity index (χ0v) is 11.8. The predicted octanol–water partition coefficient (Wildman–Crippen LogP) is 1.28. The summed E-state index contributed by atoms with van der Waals surface area (Å²) in [4.78, 5) is 18.3. The molecule has 6 heteroatoms. The summed E-state index contributed by atoms with van der Waals surface area (Å²) < 4.78 is 7.08. The van der Waals surface area contributed by atoms with Crippen LogP contribution in [0.25, 0.3) is 0 Å². The van der Waals surface area contributed by atoms with E-state index in [4.69, 9.17) is 10.5 Å². The van der Waals surface area contributed by atoms with Gasteiger partial charge in [0.1, 0.15) is 11.6 Å². The van der Waals surface area contributed by atoms with Crippen LogP contribution in [0.1, 0.15) is 16.2 Å². The molecule has 0 bridgehead atoms. The molecule has 1 aromatic heterocycles. The molecule has 0 unspecified atom stereocenters. The van der Waals surface area contributed by atoms with Crippen LogP contribution in [0.15, 0.2) is 30.6 Å². The Morgan fingerprint density at radius 3 is 2.85 bits per heavy atom. The molecule has 0 fully saturated rings. The lowest BCUT2D eigenvalue weighted by Crippen LogP contribution is -2.28. The van der Waals surface area contributed by atoms with E-state index < -0.39 is 0 Å². The van der Waals surface area contributed by atoms with Gasteiger partial charge in [0, 0.05) is 32.2 Å². The van der Waals surface area contributed by atoms with Gasteiger partial charge in [-0.05, 0) is 18.2 Å². The topological polar surface area (TPSA) is 73.4 Å². The minimum Gasteiger partial charge on any atom is -0.496 e. The molecule has 20 heavy (non-hydrogen) atoms. The SMILES string of the molecule is COc1ccc(N)cc1C(=O)N(C)Cc1nccn1C. The largest absolute Gasteiger partial charge is 0.496 e. The van der Waals surface area contributed by atoms with E-state index >= 15 is 0 Å². The van der Waals surface area contributed by atoms with Gasteiger partial charge in [0.25, 0.3) is 5.91 Å². The van der Waals surface area contributed by atoms with Crippen molar-refractivity contribution in [2.75, 3.05) is 19.9 Å². The zero-order valence-electron chi connectivity index (χ0n) is 11.8. The van der Waals surface area contributed by atoms with Crippen molar-refractivity contribution in [1.82, 2.24) is 14.5 Å². The highest BCUT2D eigenvalue weighted by molar-refractivity contribution is 5.97. The van der Waals surface area contributed by atoms with Crippen LogP contribution in [-0.4, -0.2) is 34.5 Å². The fourth-order valence-corrected chi connectivity index (χ4v) is 1.93. The maximum atomic E-state index is 12.5. The molecular formula is C14H18N4O2. The number of carbonyl (C=O) groups is 1. The lowest BCUT2D eigenvalue weighted by molar-refractivity contribution is 0.0777. The van der Waals surface area contributed by atoms with Gasteiger partial charge in [0.05, 0.1) is 19.2 Å². The number of methoxy groups -OCH3 is 1. The average Bonchev–Trinajstić information content (AvgIpc) is 2.83. The van der Waals surface area contributed by atoms with Crippen molar-refractivity contribution in [3.63, 3.8) is 0 Å². The number of aryl methyl sites for hydroxylation is 1. The van der Waals surface area contributed by atoms with E-state index in [1.165, 1.54) is 7.11 Å². The second-order valence-electron chi connectivity index (χ2n) is 4.58. The molecule has 2 aromatic rings. The summed E-state index contributed by atoms with van der Waals surface area (Å²) >= 11 is 0. The lowest BCUT2D eigenvalue weighted by atomic mass is 10.1. The van der Waals surface area contributed by atoms with E-state index in [2.05, 4.69) is 4.98 Å². The van der Waals surface area contributed by atoms with Crippen molar-refractivity contribution < 1.29 is 9.53 Å². The number of imidazole rings is 1. The van der Waals surface area contributed by atoms with Gasteiger partial charge < -0.3 is 19.9 Å². The van der Waals surface area contributed by atoms with E-state index in [0.717, 1.165) is 5.82 Å². The molecule has 1 heterocycles. The first-order valence-corrected chi connectivity index (χ1v) is 6.18. The highest BCUT2D eigenvalue weighted by atomic mass is 16.5. The number of hydrogen-bond donors (Lipinski definition) is 1. The van der Waals surface area contributed by atoms with Gasteiger partial charge in [-0.1, -0.05) is 0 Å². The molecule has 0 spiro atoms. The third kappa shape index (κ3) is 2.74. The Labute approximate surface area is 117 Å². The number of ether oxygens (including phenoxy) is 1. The van der Waals surface area contributed by atoms with Crippen LogP contribution in [0.5, 0.6) is 5.75 Å². The van der Waals surface area contributed by atoms with Crippen LogP contribution in [-0.2, 0) is 13.6 Å². The molecule has 0 saturated carbocycles. The van der Waals surface area contributed by atoms with E-state index in [9.17, 15) is 4.79 Å². The Morgan fingerprint density at radius 1 is 1.50 bits per heavy atom. The second kappa shape index (κ2) is 5.64. The van der Waals surface area contributed by atoms with Crippen LogP contribution in [0, 0.1) is 0 Å². The minimum absolute atomic E-state index is 0.155. The number of nitrogens with two attached hydrogens (primary N) is 1. The third-order valence-corrected chi connectivity index (χ3v) is 3.10. The van der Waals surface area contributed by atoms with E-state index in [0.29, 0.717) is 23.5 Å². The Kier molecular flexibility index (Phi) is 3.93. The molecule has 0 aliphatic heterocycles. The van der Waals surface area contributed by atoms with Crippen molar-refractivity contribution >= 4 is 11.6 Å². The lowest BCUT2D eigenvalue weighted by Gasteiger charge is -2.18. The summed E-state index contributed by atoms with van der Waals surface area (Å²) in [5.41, 5.74) is 6.71. The molecule has 0 radical (unpaired) electrons. The average molecular weight is 274 g/mol. The Hall–Kier alpha value is -2.50. The molecule has 2 rings (SSSR count). The van der Waals surface area contributed by atoms with Crippen LogP contribution < -0.4 is 10.5 Å². The zero-order chi connectivity index (χ0) is 14.7. The Balaban J connectivity index is 2.22. The van der Waals surface area contributed by atoms with Crippen molar-refractivity contribution in [3.8, 4) is 5.75 Å². The molecule has 106 valence electrons. The number of rotatable bonds is 4. The van der Waals surface area contributed by atoms with E-state index in [1.807, 2.05) is 17.8 Å². The molecule has 0 atom stereocenters. The second-order valence-corrected chi connectivity index (χ2v) is 4.58.